The number of thioether (sulfide) groups is 1. The molecule has 0 saturated carbocycles. The Labute approximate surface area is 248 Å². The average molecular weight is 587 g/mol. The lowest BCUT2D eigenvalue weighted by Gasteiger charge is -2.24. The summed E-state index contributed by atoms with van der Waals surface area (Å²) < 4.78 is 7.42. The van der Waals surface area contributed by atoms with E-state index in [0.717, 1.165) is 40.8 Å². The number of ether oxygens (including phenoxy) is 1. The van der Waals surface area contributed by atoms with Gasteiger partial charge >= 0.3 is 0 Å². The van der Waals surface area contributed by atoms with E-state index in [2.05, 4.69) is 24.4 Å². The minimum Gasteiger partial charge on any atom is -0.376 e. The minimum absolute atomic E-state index is 0.00803. The Morgan fingerprint density at radius 1 is 1.07 bits per heavy atom. The Hall–Kier alpha value is -3.59. The second kappa shape index (κ2) is 12.1. The maximum atomic E-state index is 13.9. The van der Waals surface area contributed by atoms with Crippen molar-refractivity contribution >= 4 is 41.0 Å². The summed E-state index contributed by atoms with van der Waals surface area (Å²) in [6.45, 7) is 3.09. The number of para-hydroxylation sites is 1. The molecule has 210 valence electrons. The summed E-state index contributed by atoms with van der Waals surface area (Å²) >= 11 is 8.28. The van der Waals surface area contributed by atoms with Crippen molar-refractivity contribution in [1.82, 2.24) is 15.1 Å². The Balaban J connectivity index is 1.54. The molecule has 1 saturated heterocycles. The van der Waals surface area contributed by atoms with Crippen LogP contribution in [0.15, 0.2) is 78.9 Å². The summed E-state index contributed by atoms with van der Waals surface area (Å²) in [6.07, 6.45) is 1.92. The zero-order valence-electron chi connectivity index (χ0n) is 22.8. The second-order valence-corrected chi connectivity index (χ2v) is 11.8. The topological polar surface area (TPSA) is 76.5 Å². The maximum absolute atomic E-state index is 13.9. The molecule has 2 aliphatic rings. The molecular formula is C32H31ClN4O3S. The van der Waals surface area contributed by atoms with Gasteiger partial charge in [-0.2, -0.15) is 5.10 Å². The summed E-state index contributed by atoms with van der Waals surface area (Å²) in [4.78, 5) is 28.8. The third-order valence-electron chi connectivity index (χ3n) is 7.54. The number of aryl methyl sites for hydroxylation is 1. The van der Waals surface area contributed by atoms with Gasteiger partial charge in [-0.3, -0.25) is 14.5 Å². The molecule has 4 aromatic rings. The zero-order valence-corrected chi connectivity index (χ0v) is 24.3. The van der Waals surface area contributed by atoms with Crippen molar-refractivity contribution in [2.24, 2.45) is 0 Å². The Kier molecular flexibility index (Phi) is 8.14. The lowest BCUT2D eigenvalue weighted by molar-refractivity contribution is -0.123. The molecule has 1 aromatic heterocycles. The van der Waals surface area contributed by atoms with E-state index in [1.165, 1.54) is 0 Å². The van der Waals surface area contributed by atoms with Gasteiger partial charge in [-0.05, 0) is 43.0 Å². The van der Waals surface area contributed by atoms with Gasteiger partial charge in [0.05, 0.1) is 33.5 Å². The molecule has 0 unspecified atom stereocenters. The summed E-state index contributed by atoms with van der Waals surface area (Å²) in [5, 5.41) is 8.40. The fourth-order valence-electron chi connectivity index (χ4n) is 5.48. The van der Waals surface area contributed by atoms with Crippen LogP contribution in [0.2, 0.25) is 5.02 Å². The van der Waals surface area contributed by atoms with Crippen LogP contribution in [-0.2, 0) is 14.3 Å². The quantitative estimate of drug-likeness (QED) is 0.289. The molecule has 0 radical (unpaired) electrons. The van der Waals surface area contributed by atoms with E-state index in [1.807, 2.05) is 60.7 Å². The van der Waals surface area contributed by atoms with Gasteiger partial charge in [0.2, 0.25) is 11.8 Å². The first-order chi connectivity index (χ1) is 20.0. The van der Waals surface area contributed by atoms with Crippen molar-refractivity contribution < 1.29 is 14.3 Å². The number of carbonyl (C=O) groups excluding carboxylic acids is 2. The molecule has 9 heteroatoms. The van der Waals surface area contributed by atoms with E-state index in [1.54, 1.807) is 27.4 Å². The van der Waals surface area contributed by atoms with Crippen LogP contribution in [0.1, 0.15) is 34.8 Å². The molecule has 0 spiro atoms. The summed E-state index contributed by atoms with van der Waals surface area (Å²) in [5.74, 6) is 0.371. The maximum Gasteiger partial charge on any atom is 0.240 e. The van der Waals surface area contributed by atoms with E-state index >= 15 is 0 Å². The largest absolute Gasteiger partial charge is 0.376 e. The predicted octanol–water partition coefficient (Wildman–Crippen LogP) is 5.97. The SMILES string of the molecule is Cc1ccccc1[C@H]1SCC(=O)N(CC(=O)NC[C@@H]2CCCO2)c2c1c(-c1ccccc1)nn2-c1ccccc1Cl. The lowest BCUT2D eigenvalue weighted by Crippen LogP contribution is -2.44. The van der Waals surface area contributed by atoms with Crippen molar-refractivity contribution in [2.75, 3.05) is 30.3 Å². The molecule has 3 aromatic carbocycles. The van der Waals surface area contributed by atoms with Gasteiger partial charge in [-0.15, -0.1) is 11.8 Å². The smallest absolute Gasteiger partial charge is 0.240 e. The first kappa shape index (κ1) is 27.6. The van der Waals surface area contributed by atoms with Crippen molar-refractivity contribution in [3.05, 3.63) is 101 Å². The molecule has 1 fully saturated rings. The normalized spacial score (nSPS) is 18.7. The minimum atomic E-state index is -0.243. The third kappa shape index (κ3) is 5.64. The van der Waals surface area contributed by atoms with E-state index in [9.17, 15) is 9.59 Å². The van der Waals surface area contributed by atoms with E-state index in [-0.39, 0.29) is 35.5 Å². The third-order valence-corrected chi connectivity index (χ3v) is 9.10. The number of fused-ring (bicyclic) bond motifs is 1. The Bertz CT molecular complexity index is 1570. The average Bonchev–Trinajstić information content (AvgIpc) is 3.62. The Morgan fingerprint density at radius 2 is 1.83 bits per heavy atom. The number of rotatable bonds is 7. The van der Waals surface area contributed by atoms with Gasteiger partial charge in [0.15, 0.2) is 0 Å². The molecule has 0 aliphatic carbocycles. The fourth-order valence-corrected chi connectivity index (χ4v) is 6.99. The molecule has 1 N–H and O–H groups in total. The van der Waals surface area contributed by atoms with Gasteiger partial charge in [0, 0.05) is 24.3 Å². The fraction of sp³-hybridized carbons (Fsp3) is 0.281. The predicted molar refractivity (Wildman–Crippen MR) is 164 cm³/mol. The highest BCUT2D eigenvalue weighted by Crippen LogP contribution is 2.49. The molecule has 0 bridgehead atoms. The first-order valence-electron chi connectivity index (χ1n) is 13.8. The van der Waals surface area contributed by atoms with Crippen molar-refractivity contribution in [2.45, 2.75) is 31.1 Å². The molecule has 7 nitrogen and oxygen atoms in total. The molecule has 2 aliphatic heterocycles. The monoisotopic (exact) mass is 586 g/mol. The highest BCUT2D eigenvalue weighted by molar-refractivity contribution is 8.00. The first-order valence-corrected chi connectivity index (χ1v) is 15.2. The number of halogens is 1. The van der Waals surface area contributed by atoms with Crippen LogP contribution >= 0.6 is 23.4 Å². The van der Waals surface area contributed by atoms with Crippen molar-refractivity contribution in [1.29, 1.82) is 0 Å². The van der Waals surface area contributed by atoms with Crippen LogP contribution in [0, 0.1) is 6.92 Å². The molecule has 2 atom stereocenters. The molecule has 41 heavy (non-hydrogen) atoms. The van der Waals surface area contributed by atoms with Gasteiger partial charge in [0.1, 0.15) is 12.4 Å². The highest BCUT2D eigenvalue weighted by atomic mass is 35.5. The van der Waals surface area contributed by atoms with Crippen molar-refractivity contribution in [3.8, 4) is 16.9 Å². The number of nitrogens with one attached hydrogen (secondary N) is 1. The van der Waals surface area contributed by atoms with E-state index < -0.39 is 0 Å². The number of benzene rings is 3. The van der Waals surface area contributed by atoms with Crippen LogP contribution in [-0.4, -0.2) is 53.1 Å². The number of hydrogen-bond donors (Lipinski definition) is 1. The van der Waals surface area contributed by atoms with Crippen molar-refractivity contribution in [3.63, 3.8) is 0 Å². The van der Waals surface area contributed by atoms with Crippen LogP contribution in [0.25, 0.3) is 16.9 Å². The van der Waals surface area contributed by atoms with E-state index in [4.69, 9.17) is 21.4 Å². The highest BCUT2D eigenvalue weighted by Gasteiger charge is 2.38. The number of hydrogen-bond acceptors (Lipinski definition) is 5. The summed E-state index contributed by atoms with van der Waals surface area (Å²) in [5.41, 5.74) is 5.42. The van der Waals surface area contributed by atoms with E-state index in [0.29, 0.717) is 29.7 Å². The van der Waals surface area contributed by atoms with Gasteiger partial charge in [-0.25, -0.2) is 4.68 Å². The van der Waals surface area contributed by atoms with Gasteiger partial charge in [-0.1, -0.05) is 78.3 Å². The summed E-state index contributed by atoms with van der Waals surface area (Å²) in [7, 11) is 0. The Morgan fingerprint density at radius 3 is 2.59 bits per heavy atom. The van der Waals surface area contributed by atoms with Gasteiger partial charge < -0.3 is 10.1 Å². The number of amides is 2. The second-order valence-electron chi connectivity index (χ2n) is 10.3. The summed E-state index contributed by atoms with van der Waals surface area (Å²) in [6, 6.07) is 25.6. The number of aromatic nitrogens is 2. The number of carbonyl (C=O) groups is 2. The lowest BCUT2D eigenvalue weighted by atomic mass is 9.97. The van der Waals surface area contributed by atoms with Crippen LogP contribution in [0.3, 0.4) is 0 Å². The zero-order chi connectivity index (χ0) is 28.3. The van der Waals surface area contributed by atoms with Gasteiger partial charge in [0.25, 0.3) is 0 Å². The molecule has 2 amide bonds. The number of anilines is 1. The van der Waals surface area contributed by atoms with Crippen LogP contribution < -0.4 is 10.2 Å². The number of nitrogens with zero attached hydrogens (tertiary/aromatic N) is 3. The molecule has 6 rings (SSSR count). The van der Waals surface area contributed by atoms with Crippen LogP contribution in [0.5, 0.6) is 0 Å². The van der Waals surface area contributed by atoms with Crippen LogP contribution in [0.4, 0.5) is 5.82 Å². The standard InChI is InChI=1S/C32H31ClN4O3S/c1-21-10-5-6-14-24(21)31-29-30(22-11-3-2-4-12-22)35-37(26-16-8-7-15-25(26)33)32(29)36(28(39)20-41-31)19-27(38)34-18-23-13-9-17-40-23/h2-8,10-12,14-16,23,31H,9,13,17-20H2,1H3,(H,34,38)/t23-,31+/m0/s1. The molecular weight excluding hydrogens is 556 g/mol. The molecule has 3 heterocycles.